The van der Waals surface area contributed by atoms with Crippen LogP contribution in [-0.4, -0.2) is 81.0 Å². The predicted molar refractivity (Wildman–Crippen MR) is 238 cm³/mol. The van der Waals surface area contributed by atoms with E-state index in [1.807, 2.05) is 12.2 Å². The van der Waals surface area contributed by atoms with Crippen molar-refractivity contribution in [3.8, 4) is 0 Å². The highest BCUT2D eigenvalue weighted by molar-refractivity contribution is 7.46. The van der Waals surface area contributed by atoms with E-state index in [0.717, 1.165) is 38.5 Å². The molecule has 0 saturated carbocycles. The maximum absolute atomic E-state index is 12.6. The zero-order valence-corrected chi connectivity index (χ0v) is 38.5. The van der Waals surface area contributed by atoms with E-state index in [-0.39, 0.29) is 31.8 Å². The summed E-state index contributed by atoms with van der Waals surface area (Å²) in [7, 11) is -4.83. The lowest BCUT2D eigenvalue weighted by Gasteiger charge is -2.36. The van der Waals surface area contributed by atoms with Gasteiger partial charge in [-0.1, -0.05) is 186 Å². The molecule has 0 radical (unpaired) electrons. The van der Waals surface area contributed by atoms with Gasteiger partial charge in [0.1, 0.15) is 6.61 Å². The summed E-state index contributed by atoms with van der Waals surface area (Å²) in [5, 5.41) is 30.9. The number of carbonyl (C=O) groups is 2. The number of hydrogen-bond donors (Lipinski definition) is 5. The summed E-state index contributed by atoms with van der Waals surface area (Å²) < 4.78 is 32.1. The highest BCUT2D eigenvalue weighted by Crippen LogP contribution is 2.36. The van der Waals surface area contributed by atoms with Crippen LogP contribution in [0.25, 0.3) is 0 Å². The van der Waals surface area contributed by atoms with Crippen LogP contribution in [0.5, 0.6) is 0 Å². The molecule has 1 heterocycles. The van der Waals surface area contributed by atoms with Gasteiger partial charge in [0.15, 0.2) is 12.4 Å². The Morgan fingerprint density at radius 2 is 1.18 bits per heavy atom. The fourth-order valence-corrected chi connectivity index (χ4v) is 7.95. The molecule has 0 amide bonds. The molecule has 5 N–H and O–H groups in total. The number of ether oxygens (including phenoxy) is 3. The Balaban J connectivity index is 2.21. The van der Waals surface area contributed by atoms with Crippen molar-refractivity contribution in [1.29, 1.82) is 0 Å². The van der Waals surface area contributed by atoms with Crippen molar-refractivity contribution in [2.24, 2.45) is 5.92 Å². The molecule has 0 aliphatic carbocycles. The molecule has 60 heavy (non-hydrogen) atoms. The first-order valence-electron chi connectivity index (χ1n) is 24.0. The van der Waals surface area contributed by atoms with Crippen LogP contribution in [0.2, 0.25) is 0 Å². The normalized spacial score (nSPS) is 19.6. The predicted octanol–water partition coefficient (Wildman–Crippen LogP) is 10.9. The van der Waals surface area contributed by atoms with Crippen LogP contribution < -0.4 is 0 Å². The summed E-state index contributed by atoms with van der Waals surface area (Å²) in [6.07, 6.45) is 35.2. The SMILES string of the molecule is CCCCCCCCCCCCCCCCCCCCCCCC(=O)OC[C@H](COP(=O)(O)O)OC(=O)CCC/C=C\C[C@H]1[C@@H](O)CC(O)O[C@@H]1/C=C/[C@@H](O)CCCCC. The van der Waals surface area contributed by atoms with Gasteiger partial charge in [-0.25, -0.2) is 4.57 Å². The molecular formula is C47H87O12P. The zero-order valence-electron chi connectivity index (χ0n) is 37.6. The van der Waals surface area contributed by atoms with E-state index in [0.29, 0.717) is 32.1 Å². The van der Waals surface area contributed by atoms with Crippen molar-refractivity contribution in [3.63, 3.8) is 0 Å². The standard InChI is InChI=1S/C47H87O12P/c1-3-5-7-8-9-10-11-12-13-14-15-16-17-18-19-20-21-22-23-24-29-33-45(50)56-38-41(39-57-60(53,54)55)58-46(51)34-30-26-25-28-32-42-43(49)37-47(52)59-44(42)36-35-40(48)31-27-6-4-2/h25,28,35-36,40-44,47-49,52H,3-24,26-27,29-34,37-39H2,1-2H3,(H2,53,54,55)/b28-25-,36-35+/t40-,41+,42-,43-,44+,47?/m0/s1. The lowest BCUT2D eigenvalue weighted by Crippen LogP contribution is -2.43. The van der Waals surface area contributed by atoms with E-state index in [1.165, 1.54) is 109 Å². The summed E-state index contributed by atoms with van der Waals surface area (Å²) in [4.78, 5) is 43.3. The van der Waals surface area contributed by atoms with E-state index < -0.39 is 57.1 Å². The van der Waals surface area contributed by atoms with Crippen molar-refractivity contribution in [3.05, 3.63) is 24.3 Å². The number of allylic oxidation sites excluding steroid dienone is 2. The smallest absolute Gasteiger partial charge is 0.462 e. The first kappa shape index (κ1) is 56.4. The Hall–Kier alpha value is -1.63. The fourth-order valence-electron chi connectivity index (χ4n) is 7.59. The lowest BCUT2D eigenvalue weighted by atomic mass is 9.87. The highest BCUT2D eigenvalue weighted by atomic mass is 31.2. The van der Waals surface area contributed by atoms with Gasteiger partial charge in [-0.3, -0.25) is 14.1 Å². The number of esters is 2. The molecule has 0 bridgehead atoms. The van der Waals surface area contributed by atoms with Crippen molar-refractivity contribution < 1.29 is 58.0 Å². The van der Waals surface area contributed by atoms with Gasteiger partial charge in [0.25, 0.3) is 0 Å². The number of carbonyl (C=O) groups excluding carboxylic acids is 2. The summed E-state index contributed by atoms with van der Waals surface area (Å²) >= 11 is 0. The van der Waals surface area contributed by atoms with E-state index in [9.17, 15) is 29.5 Å². The van der Waals surface area contributed by atoms with Gasteiger partial charge in [0, 0.05) is 25.2 Å². The Labute approximate surface area is 363 Å². The average molecular weight is 875 g/mol. The van der Waals surface area contributed by atoms with Crippen LogP contribution >= 0.6 is 7.82 Å². The number of unbranched alkanes of at least 4 members (excludes halogenated alkanes) is 23. The number of phosphoric acid groups is 1. The number of rotatable bonds is 40. The molecule has 6 atom stereocenters. The summed E-state index contributed by atoms with van der Waals surface area (Å²) in [6, 6.07) is 0. The minimum absolute atomic E-state index is 0.0206. The highest BCUT2D eigenvalue weighted by Gasteiger charge is 2.35. The second kappa shape index (κ2) is 37.9. The second-order valence-corrected chi connectivity index (χ2v) is 18.2. The Morgan fingerprint density at radius 1 is 0.683 bits per heavy atom. The van der Waals surface area contributed by atoms with Crippen LogP contribution in [0, 0.1) is 5.92 Å². The molecule has 0 aromatic rings. The maximum Gasteiger partial charge on any atom is 0.469 e. The summed E-state index contributed by atoms with van der Waals surface area (Å²) in [5.41, 5.74) is 0. The van der Waals surface area contributed by atoms with E-state index in [4.69, 9.17) is 24.0 Å². The first-order valence-corrected chi connectivity index (χ1v) is 25.6. The van der Waals surface area contributed by atoms with Gasteiger partial charge in [-0.05, 0) is 32.1 Å². The third kappa shape index (κ3) is 33.9. The number of hydrogen-bond acceptors (Lipinski definition) is 10. The molecule has 1 rings (SSSR count). The Kier molecular flexibility index (Phi) is 35.6. The van der Waals surface area contributed by atoms with Crippen LogP contribution in [0.3, 0.4) is 0 Å². The minimum Gasteiger partial charge on any atom is -0.462 e. The summed E-state index contributed by atoms with van der Waals surface area (Å²) in [5.74, 6) is -1.39. The molecule has 1 saturated heterocycles. The number of phosphoric ester groups is 1. The topological polar surface area (TPSA) is 189 Å². The molecule has 12 nitrogen and oxygen atoms in total. The van der Waals surface area contributed by atoms with Crippen LogP contribution in [0.15, 0.2) is 24.3 Å². The van der Waals surface area contributed by atoms with Crippen LogP contribution in [-0.2, 0) is 32.9 Å². The Bertz CT molecular complexity index is 1140. The van der Waals surface area contributed by atoms with Crippen molar-refractivity contribution >= 4 is 19.8 Å². The fraction of sp³-hybridized carbons (Fsp3) is 0.872. The molecule has 0 aromatic carbocycles. The molecule has 1 unspecified atom stereocenters. The monoisotopic (exact) mass is 875 g/mol. The van der Waals surface area contributed by atoms with Gasteiger partial charge in [-0.2, -0.15) is 0 Å². The van der Waals surface area contributed by atoms with Gasteiger partial charge in [0.05, 0.1) is 24.9 Å². The lowest BCUT2D eigenvalue weighted by molar-refractivity contribution is -0.199. The van der Waals surface area contributed by atoms with E-state index in [1.54, 1.807) is 12.2 Å². The average Bonchev–Trinajstić information content (AvgIpc) is 3.20. The largest absolute Gasteiger partial charge is 0.469 e. The van der Waals surface area contributed by atoms with Crippen molar-refractivity contribution in [1.82, 2.24) is 0 Å². The van der Waals surface area contributed by atoms with Gasteiger partial charge in [0.2, 0.25) is 0 Å². The summed E-state index contributed by atoms with van der Waals surface area (Å²) in [6.45, 7) is 3.38. The zero-order chi connectivity index (χ0) is 44.1. The Morgan fingerprint density at radius 3 is 1.72 bits per heavy atom. The number of aliphatic hydroxyl groups excluding tert-OH is 3. The molecule has 0 spiro atoms. The third-order valence-electron chi connectivity index (χ3n) is 11.3. The molecular weight excluding hydrogens is 787 g/mol. The van der Waals surface area contributed by atoms with Crippen LogP contribution in [0.4, 0.5) is 0 Å². The van der Waals surface area contributed by atoms with Crippen molar-refractivity contribution in [2.45, 2.75) is 244 Å². The van der Waals surface area contributed by atoms with Crippen LogP contribution in [0.1, 0.15) is 213 Å². The van der Waals surface area contributed by atoms with Gasteiger partial charge in [-0.15, -0.1) is 0 Å². The molecule has 1 aliphatic heterocycles. The molecule has 0 aromatic heterocycles. The van der Waals surface area contributed by atoms with E-state index in [2.05, 4.69) is 18.4 Å². The van der Waals surface area contributed by atoms with Gasteiger partial charge < -0.3 is 39.3 Å². The maximum atomic E-state index is 12.6. The van der Waals surface area contributed by atoms with E-state index >= 15 is 0 Å². The molecule has 1 fully saturated rings. The van der Waals surface area contributed by atoms with Crippen molar-refractivity contribution in [2.75, 3.05) is 13.2 Å². The van der Waals surface area contributed by atoms with Gasteiger partial charge >= 0.3 is 19.8 Å². The molecule has 13 heteroatoms. The number of aliphatic hydroxyl groups is 3. The first-order chi connectivity index (χ1) is 28.9. The quantitative estimate of drug-likeness (QED) is 0.0170. The molecule has 352 valence electrons. The third-order valence-corrected chi connectivity index (χ3v) is 11.8. The second-order valence-electron chi connectivity index (χ2n) is 17.0. The minimum atomic E-state index is -4.83. The molecule has 1 aliphatic rings.